The van der Waals surface area contributed by atoms with E-state index in [1.165, 1.54) is 0 Å². The molecule has 0 radical (unpaired) electrons. The van der Waals surface area contributed by atoms with Crippen LogP contribution in [0.2, 0.25) is 0 Å². The van der Waals surface area contributed by atoms with Gasteiger partial charge in [-0.1, -0.05) is 18.2 Å². The van der Waals surface area contributed by atoms with E-state index in [0.717, 1.165) is 5.69 Å². The Kier molecular flexibility index (Phi) is 3.45. The van der Waals surface area contributed by atoms with Crippen molar-refractivity contribution in [3.8, 4) is 6.07 Å². The van der Waals surface area contributed by atoms with Gasteiger partial charge in [-0.15, -0.1) is 0 Å². The molecule has 0 spiro atoms. The number of amides is 1. The van der Waals surface area contributed by atoms with Gasteiger partial charge in [-0.25, -0.2) is 0 Å². The summed E-state index contributed by atoms with van der Waals surface area (Å²) >= 11 is 0. The molecule has 2 rings (SSSR count). The third-order valence-corrected chi connectivity index (χ3v) is 3.13. The van der Waals surface area contributed by atoms with E-state index in [1.807, 2.05) is 18.2 Å². The van der Waals surface area contributed by atoms with Crippen LogP contribution in [0.25, 0.3) is 0 Å². The molecule has 0 fully saturated rings. The van der Waals surface area contributed by atoms with Crippen LogP contribution in [-0.2, 0) is 4.79 Å². The van der Waals surface area contributed by atoms with E-state index in [4.69, 9.17) is 11.0 Å². The van der Waals surface area contributed by atoms with Crippen molar-refractivity contribution in [2.24, 2.45) is 11.7 Å². The van der Waals surface area contributed by atoms with Gasteiger partial charge in [0.2, 0.25) is 5.91 Å². The molecule has 0 heterocycles. The van der Waals surface area contributed by atoms with Gasteiger partial charge < -0.3 is 10.6 Å². The predicted molar refractivity (Wildman–Crippen MR) is 69.8 cm³/mol. The average Bonchev–Trinajstić information content (AvgIpc) is 2.83. The van der Waals surface area contributed by atoms with Crippen LogP contribution in [0.3, 0.4) is 0 Å². The number of rotatable bonds is 2. The summed E-state index contributed by atoms with van der Waals surface area (Å²) in [6, 6.07) is 9.04. The van der Waals surface area contributed by atoms with E-state index in [0.29, 0.717) is 12.0 Å². The smallest absolute Gasteiger partial charge is 0.233 e. The van der Waals surface area contributed by atoms with Crippen molar-refractivity contribution in [1.29, 1.82) is 5.26 Å². The average molecular weight is 241 g/mol. The molecule has 1 aromatic carbocycles. The van der Waals surface area contributed by atoms with E-state index in [-0.39, 0.29) is 17.9 Å². The highest BCUT2D eigenvalue weighted by Gasteiger charge is 2.26. The zero-order valence-electron chi connectivity index (χ0n) is 10.2. The number of anilines is 1. The third-order valence-electron chi connectivity index (χ3n) is 3.13. The van der Waals surface area contributed by atoms with E-state index in [1.54, 1.807) is 30.1 Å². The SMILES string of the molecule is CN(C(=O)C1C=CC(N)C1)c1cccc(C#N)c1. The first kappa shape index (κ1) is 12.3. The van der Waals surface area contributed by atoms with Crippen molar-refractivity contribution in [3.63, 3.8) is 0 Å². The second-order valence-corrected chi connectivity index (χ2v) is 4.45. The zero-order chi connectivity index (χ0) is 13.1. The van der Waals surface area contributed by atoms with Crippen LogP contribution in [0, 0.1) is 17.2 Å². The van der Waals surface area contributed by atoms with E-state index < -0.39 is 0 Å². The summed E-state index contributed by atoms with van der Waals surface area (Å²) in [6.45, 7) is 0. The number of carbonyl (C=O) groups is 1. The van der Waals surface area contributed by atoms with Gasteiger partial charge in [0.25, 0.3) is 0 Å². The number of nitriles is 1. The molecule has 2 N–H and O–H groups in total. The van der Waals surface area contributed by atoms with E-state index in [2.05, 4.69) is 6.07 Å². The lowest BCUT2D eigenvalue weighted by Gasteiger charge is -2.21. The number of benzene rings is 1. The Labute approximate surface area is 106 Å². The minimum Gasteiger partial charge on any atom is -0.324 e. The molecule has 0 saturated heterocycles. The number of nitrogens with two attached hydrogens (primary N) is 1. The van der Waals surface area contributed by atoms with Crippen LogP contribution >= 0.6 is 0 Å². The molecule has 1 amide bonds. The molecule has 2 unspecified atom stereocenters. The van der Waals surface area contributed by atoms with Crippen molar-refractivity contribution in [2.45, 2.75) is 12.5 Å². The number of nitrogens with zero attached hydrogens (tertiary/aromatic N) is 2. The quantitative estimate of drug-likeness (QED) is 0.796. The molecule has 1 aromatic rings. The van der Waals surface area contributed by atoms with Gasteiger partial charge in [-0.3, -0.25) is 4.79 Å². The minimum absolute atomic E-state index is 0.00860. The molecule has 0 aliphatic heterocycles. The Morgan fingerprint density at radius 2 is 2.28 bits per heavy atom. The van der Waals surface area contributed by atoms with Gasteiger partial charge in [0.1, 0.15) is 0 Å². The monoisotopic (exact) mass is 241 g/mol. The molecule has 1 aliphatic carbocycles. The first-order valence-electron chi connectivity index (χ1n) is 5.83. The summed E-state index contributed by atoms with van der Waals surface area (Å²) in [6.07, 6.45) is 4.38. The van der Waals surface area contributed by atoms with Crippen molar-refractivity contribution in [3.05, 3.63) is 42.0 Å². The van der Waals surface area contributed by atoms with Gasteiger partial charge in [0, 0.05) is 18.8 Å². The first-order chi connectivity index (χ1) is 8.61. The normalized spacial score (nSPS) is 21.6. The zero-order valence-corrected chi connectivity index (χ0v) is 10.2. The summed E-state index contributed by atoms with van der Waals surface area (Å²) < 4.78 is 0. The van der Waals surface area contributed by atoms with Crippen molar-refractivity contribution in [2.75, 3.05) is 11.9 Å². The van der Waals surface area contributed by atoms with Crippen molar-refractivity contribution >= 4 is 11.6 Å². The van der Waals surface area contributed by atoms with Crippen LogP contribution in [0.15, 0.2) is 36.4 Å². The van der Waals surface area contributed by atoms with Gasteiger partial charge in [-0.05, 0) is 24.6 Å². The molecule has 4 nitrogen and oxygen atoms in total. The second kappa shape index (κ2) is 5.03. The predicted octanol–water partition coefficient (Wildman–Crippen LogP) is 1.42. The fourth-order valence-electron chi connectivity index (χ4n) is 2.07. The van der Waals surface area contributed by atoms with Gasteiger partial charge in [-0.2, -0.15) is 5.26 Å². The fraction of sp³-hybridized carbons (Fsp3) is 0.286. The fourth-order valence-corrected chi connectivity index (χ4v) is 2.07. The van der Waals surface area contributed by atoms with Crippen molar-refractivity contribution < 1.29 is 4.79 Å². The van der Waals surface area contributed by atoms with Crippen LogP contribution in [0.4, 0.5) is 5.69 Å². The largest absolute Gasteiger partial charge is 0.324 e. The molecular formula is C14H15N3O. The number of carbonyl (C=O) groups excluding carboxylic acids is 1. The lowest BCUT2D eigenvalue weighted by molar-refractivity contribution is -0.120. The molecule has 2 atom stereocenters. The topological polar surface area (TPSA) is 70.1 Å². The van der Waals surface area contributed by atoms with Crippen LogP contribution in [0.1, 0.15) is 12.0 Å². The molecule has 1 aliphatic rings. The van der Waals surface area contributed by atoms with Crippen molar-refractivity contribution in [1.82, 2.24) is 0 Å². The van der Waals surface area contributed by atoms with Crippen LogP contribution < -0.4 is 10.6 Å². The third kappa shape index (κ3) is 2.41. The molecule has 18 heavy (non-hydrogen) atoms. The second-order valence-electron chi connectivity index (χ2n) is 4.45. The summed E-state index contributed by atoms with van der Waals surface area (Å²) in [5.74, 6) is -0.148. The highest BCUT2D eigenvalue weighted by atomic mass is 16.2. The standard InChI is InChI=1S/C14H15N3O/c1-17(13-4-2-3-10(7-13)9-15)14(18)11-5-6-12(16)8-11/h2-7,11-12H,8,16H2,1H3. The maximum atomic E-state index is 12.2. The van der Waals surface area contributed by atoms with Crippen LogP contribution in [-0.4, -0.2) is 19.0 Å². The molecule has 0 aromatic heterocycles. The van der Waals surface area contributed by atoms with Gasteiger partial charge in [0.15, 0.2) is 0 Å². The number of hydrogen-bond donors (Lipinski definition) is 1. The highest BCUT2D eigenvalue weighted by molar-refractivity contribution is 5.96. The molecule has 4 heteroatoms. The van der Waals surface area contributed by atoms with E-state index in [9.17, 15) is 4.79 Å². The summed E-state index contributed by atoms with van der Waals surface area (Å²) in [5.41, 5.74) is 7.02. The molecule has 92 valence electrons. The summed E-state index contributed by atoms with van der Waals surface area (Å²) in [7, 11) is 1.72. The maximum Gasteiger partial charge on any atom is 0.233 e. The lowest BCUT2D eigenvalue weighted by atomic mass is 10.1. The molecular weight excluding hydrogens is 226 g/mol. The number of hydrogen-bond acceptors (Lipinski definition) is 3. The minimum atomic E-state index is -0.157. The Hall–Kier alpha value is -2.12. The lowest BCUT2D eigenvalue weighted by Crippen LogP contribution is -2.32. The first-order valence-corrected chi connectivity index (χ1v) is 5.83. The Balaban J connectivity index is 2.16. The molecule has 0 saturated carbocycles. The van der Waals surface area contributed by atoms with Gasteiger partial charge in [0.05, 0.1) is 17.6 Å². The highest BCUT2D eigenvalue weighted by Crippen LogP contribution is 2.22. The maximum absolute atomic E-state index is 12.2. The Morgan fingerprint density at radius 1 is 1.50 bits per heavy atom. The van der Waals surface area contributed by atoms with Crippen LogP contribution in [0.5, 0.6) is 0 Å². The Morgan fingerprint density at radius 3 is 2.89 bits per heavy atom. The van der Waals surface area contributed by atoms with E-state index >= 15 is 0 Å². The summed E-state index contributed by atoms with van der Waals surface area (Å²) in [4.78, 5) is 13.8. The molecule has 0 bridgehead atoms. The van der Waals surface area contributed by atoms with Gasteiger partial charge >= 0.3 is 0 Å². The Bertz CT molecular complexity index is 530. The summed E-state index contributed by atoms with van der Waals surface area (Å²) in [5, 5.41) is 8.85.